The summed E-state index contributed by atoms with van der Waals surface area (Å²) in [5.74, 6) is -0.289. The van der Waals surface area contributed by atoms with Crippen molar-refractivity contribution in [2.24, 2.45) is 0 Å². The van der Waals surface area contributed by atoms with Crippen LogP contribution in [0.1, 0.15) is 28.9 Å². The first kappa shape index (κ1) is 10.7. The van der Waals surface area contributed by atoms with E-state index in [-0.39, 0.29) is 12.0 Å². The first-order valence-electron chi connectivity index (χ1n) is 4.55. The van der Waals surface area contributed by atoms with Gasteiger partial charge in [0.2, 0.25) is 0 Å². The van der Waals surface area contributed by atoms with Crippen LogP contribution in [0, 0.1) is 0 Å². The monoisotopic (exact) mass is 193 g/mol. The van der Waals surface area contributed by atoms with Gasteiger partial charge in [0.05, 0.1) is 12.7 Å². The van der Waals surface area contributed by atoms with E-state index < -0.39 is 0 Å². The first-order chi connectivity index (χ1) is 6.70. The minimum atomic E-state index is -0.289. The van der Waals surface area contributed by atoms with Crippen LogP contribution in [0.2, 0.25) is 0 Å². The topological polar surface area (TPSA) is 38.3 Å². The molecule has 0 aliphatic carbocycles. The van der Waals surface area contributed by atoms with Gasteiger partial charge in [0.1, 0.15) is 0 Å². The standard InChI is InChI=1S/C11H15NO2/c1-8(12-2)9-6-4-5-7-10(9)11(13)14-3/h4-8,12H,1-3H3. The van der Waals surface area contributed by atoms with E-state index in [1.165, 1.54) is 7.11 Å². The zero-order valence-electron chi connectivity index (χ0n) is 8.70. The summed E-state index contributed by atoms with van der Waals surface area (Å²) in [7, 11) is 3.25. The Morgan fingerprint density at radius 1 is 1.43 bits per heavy atom. The molecule has 0 radical (unpaired) electrons. The summed E-state index contributed by atoms with van der Waals surface area (Å²) in [6, 6.07) is 7.58. The Kier molecular flexibility index (Phi) is 3.65. The highest BCUT2D eigenvalue weighted by molar-refractivity contribution is 5.91. The summed E-state index contributed by atoms with van der Waals surface area (Å²) in [6.45, 7) is 2.00. The third-order valence-corrected chi connectivity index (χ3v) is 2.27. The van der Waals surface area contributed by atoms with E-state index in [0.29, 0.717) is 5.56 Å². The van der Waals surface area contributed by atoms with Crippen LogP contribution in [0.5, 0.6) is 0 Å². The number of hydrogen-bond acceptors (Lipinski definition) is 3. The number of carbonyl (C=O) groups is 1. The zero-order valence-corrected chi connectivity index (χ0v) is 8.70. The van der Waals surface area contributed by atoms with Crippen molar-refractivity contribution in [3.8, 4) is 0 Å². The number of methoxy groups -OCH3 is 1. The van der Waals surface area contributed by atoms with Gasteiger partial charge in [-0.3, -0.25) is 0 Å². The third-order valence-electron chi connectivity index (χ3n) is 2.27. The van der Waals surface area contributed by atoms with E-state index in [2.05, 4.69) is 5.32 Å². The fraction of sp³-hybridized carbons (Fsp3) is 0.364. The fourth-order valence-corrected chi connectivity index (χ4v) is 1.33. The molecule has 1 aromatic carbocycles. The van der Waals surface area contributed by atoms with Gasteiger partial charge in [-0.2, -0.15) is 0 Å². The molecule has 14 heavy (non-hydrogen) atoms. The van der Waals surface area contributed by atoms with Crippen molar-refractivity contribution in [1.29, 1.82) is 0 Å². The Bertz CT molecular complexity index is 323. The summed E-state index contributed by atoms with van der Waals surface area (Å²) in [5.41, 5.74) is 1.58. The molecule has 1 rings (SSSR count). The second kappa shape index (κ2) is 4.77. The smallest absolute Gasteiger partial charge is 0.338 e. The summed E-state index contributed by atoms with van der Waals surface area (Å²) in [4.78, 5) is 11.4. The van der Waals surface area contributed by atoms with Crippen molar-refractivity contribution >= 4 is 5.97 Å². The molecule has 0 saturated carbocycles. The maximum atomic E-state index is 11.4. The van der Waals surface area contributed by atoms with Crippen LogP contribution in [0.3, 0.4) is 0 Å². The van der Waals surface area contributed by atoms with Gasteiger partial charge < -0.3 is 10.1 Å². The van der Waals surface area contributed by atoms with E-state index in [9.17, 15) is 4.79 Å². The summed E-state index contributed by atoms with van der Waals surface area (Å²) < 4.78 is 4.70. The van der Waals surface area contributed by atoms with Crippen molar-refractivity contribution in [3.05, 3.63) is 35.4 Å². The van der Waals surface area contributed by atoms with Gasteiger partial charge in [0.25, 0.3) is 0 Å². The minimum Gasteiger partial charge on any atom is -0.465 e. The Morgan fingerprint density at radius 2 is 2.07 bits per heavy atom. The van der Waals surface area contributed by atoms with Crippen molar-refractivity contribution in [2.75, 3.05) is 14.2 Å². The van der Waals surface area contributed by atoms with Crippen LogP contribution in [-0.2, 0) is 4.74 Å². The molecule has 0 fully saturated rings. The van der Waals surface area contributed by atoms with Gasteiger partial charge in [0, 0.05) is 6.04 Å². The largest absolute Gasteiger partial charge is 0.465 e. The molecule has 0 heterocycles. The van der Waals surface area contributed by atoms with Crippen LogP contribution < -0.4 is 5.32 Å². The van der Waals surface area contributed by atoms with Crippen LogP contribution in [0.25, 0.3) is 0 Å². The van der Waals surface area contributed by atoms with Gasteiger partial charge >= 0.3 is 5.97 Å². The molecule has 0 amide bonds. The lowest BCUT2D eigenvalue weighted by Crippen LogP contribution is -2.16. The molecule has 76 valence electrons. The van der Waals surface area contributed by atoms with E-state index in [1.807, 2.05) is 32.2 Å². The number of carbonyl (C=O) groups excluding carboxylic acids is 1. The Morgan fingerprint density at radius 3 is 2.64 bits per heavy atom. The number of ether oxygens (including phenoxy) is 1. The normalized spacial score (nSPS) is 12.2. The van der Waals surface area contributed by atoms with E-state index in [4.69, 9.17) is 4.74 Å². The maximum Gasteiger partial charge on any atom is 0.338 e. The second-order valence-electron chi connectivity index (χ2n) is 3.09. The third kappa shape index (κ3) is 2.12. The summed E-state index contributed by atoms with van der Waals surface area (Å²) in [5, 5.41) is 3.09. The fourth-order valence-electron chi connectivity index (χ4n) is 1.33. The molecule has 0 aliphatic rings. The molecular weight excluding hydrogens is 178 g/mol. The average molecular weight is 193 g/mol. The van der Waals surface area contributed by atoms with Crippen LogP contribution in [0.15, 0.2) is 24.3 Å². The van der Waals surface area contributed by atoms with E-state index >= 15 is 0 Å². The van der Waals surface area contributed by atoms with Gasteiger partial charge in [-0.05, 0) is 25.6 Å². The molecule has 1 atom stereocenters. The minimum absolute atomic E-state index is 0.144. The first-order valence-corrected chi connectivity index (χ1v) is 4.55. The van der Waals surface area contributed by atoms with E-state index in [1.54, 1.807) is 6.07 Å². The predicted molar refractivity (Wildman–Crippen MR) is 55.3 cm³/mol. The molecule has 3 nitrogen and oxygen atoms in total. The van der Waals surface area contributed by atoms with Gasteiger partial charge in [-0.15, -0.1) is 0 Å². The number of hydrogen-bond donors (Lipinski definition) is 1. The molecule has 0 bridgehead atoms. The van der Waals surface area contributed by atoms with Crippen LogP contribution in [0.4, 0.5) is 0 Å². The number of nitrogens with one attached hydrogen (secondary N) is 1. The quantitative estimate of drug-likeness (QED) is 0.743. The van der Waals surface area contributed by atoms with Gasteiger partial charge in [-0.1, -0.05) is 18.2 Å². The molecule has 1 N–H and O–H groups in total. The molecular formula is C11H15NO2. The zero-order chi connectivity index (χ0) is 10.6. The number of benzene rings is 1. The Labute approximate surface area is 84.1 Å². The molecule has 3 heteroatoms. The Balaban J connectivity index is 3.09. The van der Waals surface area contributed by atoms with Crippen molar-refractivity contribution < 1.29 is 9.53 Å². The van der Waals surface area contributed by atoms with Crippen LogP contribution in [-0.4, -0.2) is 20.1 Å². The maximum absolute atomic E-state index is 11.4. The SMILES string of the molecule is CNC(C)c1ccccc1C(=O)OC. The number of rotatable bonds is 3. The average Bonchev–Trinajstić information content (AvgIpc) is 2.27. The Hall–Kier alpha value is -1.35. The van der Waals surface area contributed by atoms with Crippen molar-refractivity contribution in [2.45, 2.75) is 13.0 Å². The lowest BCUT2D eigenvalue weighted by Gasteiger charge is -2.13. The lowest BCUT2D eigenvalue weighted by molar-refractivity contribution is 0.0599. The molecule has 0 aromatic heterocycles. The van der Waals surface area contributed by atoms with Crippen molar-refractivity contribution in [3.63, 3.8) is 0 Å². The van der Waals surface area contributed by atoms with Gasteiger partial charge in [-0.25, -0.2) is 4.79 Å². The van der Waals surface area contributed by atoms with Gasteiger partial charge in [0.15, 0.2) is 0 Å². The highest BCUT2D eigenvalue weighted by atomic mass is 16.5. The summed E-state index contributed by atoms with van der Waals surface area (Å²) >= 11 is 0. The molecule has 0 saturated heterocycles. The molecule has 1 unspecified atom stereocenters. The summed E-state index contributed by atoms with van der Waals surface area (Å²) in [6.07, 6.45) is 0. The number of esters is 1. The van der Waals surface area contributed by atoms with E-state index in [0.717, 1.165) is 5.56 Å². The predicted octanol–water partition coefficient (Wildman–Crippen LogP) is 1.75. The highest BCUT2D eigenvalue weighted by Crippen LogP contribution is 2.17. The molecule has 0 aliphatic heterocycles. The van der Waals surface area contributed by atoms with Crippen LogP contribution >= 0.6 is 0 Å². The molecule has 1 aromatic rings. The lowest BCUT2D eigenvalue weighted by atomic mass is 10.0. The molecule has 0 spiro atoms. The second-order valence-corrected chi connectivity index (χ2v) is 3.09. The highest BCUT2D eigenvalue weighted by Gasteiger charge is 2.14. The van der Waals surface area contributed by atoms with Crippen molar-refractivity contribution in [1.82, 2.24) is 5.32 Å².